The van der Waals surface area contributed by atoms with Crippen LogP contribution in [0.25, 0.3) is 0 Å². The Morgan fingerprint density at radius 3 is 2.47 bits per heavy atom. The largest absolute Gasteiger partial charge is 0.396 e. The molecule has 17 heavy (non-hydrogen) atoms. The first-order valence-corrected chi connectivity index (χ1v) is 6.33. The molecule has 0 aromatic heterocycles. The third kappa shape index (κ3) is 3.28. The summed E-state index contributed by atoms with van der Waals surface area (Å²) in [6.07, 6.45) is 2.00. The summed E-state index contributed by atoms with van der Waals surface area (Å²) in [7, 11) is 0. The molecule has 1 fully saturated rings. The van der Waals surface area contributed by atoms with Gasteiger partial charge in [0.15, 0.2) is 0 Å². The molecule has 2 atom stereocenters. The zero-order valence-corrected chi connectivity index (χ0v) is 10.1. The molecule has 0 bridgehead atoms. The second-order valence-electron chi connectivity index (χ2n) is 4.88. The Labute approximate surface area is 103 Å². The summed E-state index contributed by atoms with van der Waals surface area (Å²) in [6, 6.07) is 10.6. The van der Waals surface area contributed by atoms with Crippen LogP contribution in [0.15, 0.2) is 30.3 Å². The fraction of sp³-hybridized carbons (Fsp3) is 0.571. The molecule has 1 aliphatic heterocycles. The lowest BCUT2D eigenvalue weighted by Crippen LogP contribution is -2.45. The SMILES string of the molecule is OC[C@@H]1CC[C@@H](CO)N(Cc2ccccc2)C1. The van der Waals surface area contributed by atoms with E-state index in [9.17, 15) is 10.2 Å². The molecule has 0 radical (unpaired) electrons. The van der Waals surface area contributed by atoms with Gasteiger partial charge in [0.2, 0.25) is 0 Å². The molecule has 0 aliphatic carbocycles. The van der Waals surface area contributed by atoms with Gasteiger partial charge in [0.25, 0.3) is 0 Å². The lowest BCUT2D eigenvalue weighted by molar-refractivity contribution is 0.0387. The second-order valence-corrected chi connectivity index (χ2v) is 4.88. The maximum absolute atomic E-state index is 9.39. The van der Waals surface area contributed by atoms with E-state index in [-0.39, 0.29) is 19.3 Å². The van der Waals surface area contributed by atoms with Gasteiger partial charge in [-0.05, 0) is 24.3 Å². The first kappa shape index (κ1) is 12.6. The Balaban J connectivity index is 2.00. The van der Waals surface area contributed by atoms with E-state index in [1.807, 2.05) is 18.2 Å². The Morgan fingerprint density at radius 2 is 1.82 bits per heavy atom. The molecular weight excluding hydrogens is 214 g/mol. The van der Waals surface area contributed by atoms with E-state index in [4.69, 9.17) is 0 Å². The third-order valence-corrected chi connectivity index (χ3v) is 3.61. The molecule has 1 aliphatic rings. The van der Waals surface area contributed by atoms with Crippen LogP contribution in [0.4, 0.5) is 0 Å². The minimum Gasteiger partial charge on any atom is -0.396 e. The predicted molar refractivity (Wildman–Crippen MR) is 67.5 cm³/mol. The van der Waals surface area contributed by atoms with Crippen LogP contribution in [-0.2, 0) is 6.54 Å². The van der Waals surface area contributed by atoms with Gasteiger partial charge in [-0.25, -0.2) is 0 Å². The van der Waals surface area contributed by atoms with Gasteiger partial charge in [-0.15, -0.1) is 0 Å². The molecular formula is C14H21NO2. The highest BCUT2D eigenvalue weighted by atomic mass is 16.3. The van der Waals surface area contributed by atoms with E-state index in [0.29, 0.717) is 5.92 Å². The van der Waals surface area contributed by atoms with E-state index in [1.54, 1.807) is 0 Å². The maximum atomic E-state index is 9.39. The Bertz CT molecular complexity index is 328. The van der Waals surface area contributed by atoms with Crippen molar-refractivity contribution in [3.63, 3.8) is 0 Å². The monoisotopic (exact) mass is 235 g/mol. The molecule has 0 unspecified atom stereocenters. The van der Waals surface area contributed by atoms with Crippen LogP contribution < -0.4 is 0 Å². The molecule has 1 aromatic carbocycles. The van der Waals surface area contributed by atoms with Crippen molar-refractivity contribution in [2.75, 3.05) is 19.8 Å². The number of hydrogen-bond donors (Lipinski definition) is 2. The predicted octanol–water partition coefficient (Wildman–Crippen LogP) is 1.25. The summed E-state index contributed by atoms with van der Waals surface area (Å²) in [5.74, 6) is 0.363. The Kier molecular flexibility index (Phi) is 4.54. The summed E-state index contributed by atoms with van der Waals surface area (Å²) in [5.41, 5.74) is 1.27. The van der Waals surface area contributed by atoms with Gasteiger partial charge in [0.05, 0.1) is 6.61 Å². The van der Waals surface area contributed by atoms with Crippen molar-refractivity contribution in [1.29, 1.82) is 0 Å². The highest BCUT2D eigenvalue weighted by molar-refractivity contribution is 5.14. The van der Waals surface area contributed by atoms with Crippen LogP contribution in [-0.4, -0.2) is 40.9 Å². The highest BCUT2D eigenvalue weighted by Gasteiger charge is 2.27. The lowest BCUT2D eigenvalue weighted by Gasteiger charge is -2.38. The summed E-state index contributed by atoms with van der Waals surface area (Å²) in [4.78, 5) is 2.29. The molecule has 2 rings (SSSR count). The van der Waals surface area contributed by atoms with Gasteiger partial charge in [-0.3, -0.25) is 4.90 Å². The van der Waals surface area contributed by atoms with Crippen LogP contribution in [0.5, 0.6) is 0 Å². The normalized spacial score (nSPS) is 26.0. The van der Waals surface area contributed by atoms with Gasteiger partial charge in [-0.2, -0.15) is 0 Å². The van der Waals surface area contributed by atoms with E-state index in [1.165, 1.54) is 5.56 Å². The smallest absolute Gasteiger partial charge is 0.0587 e. The molecule has 0 spiro atoms. The van der Waals surface area contributed by atoms with Gasteiger partial charge >= 0.3 is 0 Å². The third-order valence-electron chi connectivity index (χ3n) is 3.61. The van der Waals surface area contributed by atoms with E-state index < -0.39 is 0 Å². The van der Waals surface area contributed by atoms with Gasteiger partial charge in [0, 0.05) is 25.7 Å². The molecule has 1 aromatic rings. The van der Waals surface area contributed by atoms with Crippen molar-refractivity contribution in [2.45, 2.75) is 25.4 Å². The fourth-order valence-electron chi connectivity index (χ4n) is 2.55. The molecule has 1 saturated heterocycles. The number of nitrogens with zero attached hydrogens (tertiary/aromatic N) is 1. The van der Waals surface area contributed by atoms with Crippen molar-refractivity contribution in [3.05, 3.63) is 35.9 Å². The van der Waals surface area contributed by atoms with Crippen LogP contribution in [0, 0.1) is 5.92 Å². The Morgan fingerprint density at radius 1 is 1.06 bits per heavy atom. The summed E-state index contributed by atoms with van der Waals surface area (Å²) >= 11 is 0. The van der Waals surface area contributed by atoms with Crippen molar-refractivity contribution in [2.24, 2.45) is 5.92 Å². The van der Waals surface area contributed by atoms with Crippen LogP contribution in [0.3, 0.4) is 0 Å². The molecule has 0 saturated carbocycles. The van der Waals surface area contributed by atoms with E-state index in [2.05, 4.69) is 17.0 Å². The van der Waals surface area contributed by atoms with Crippen LogP contribution in [0.2, 0.25) is 0 Å². The molecule has 3 nitrogen and oxygen atoms in total. The number of hydrogen-bond acceptors (Lipinski definition) is 3. The maximum Gasteiger partial charge on any atom is 0.0587 e. The molecule has 2 N–H and O–H groups in total. The first-order chi connectivity index (χ1) is 8.33. The zero-order valence-electron chi connectivity index (χ0n) is 10.1. The molecule has 1 heterocycles. The molecule has 94 valence electrons. The van der Waals surface area contributed by atoms with Crippen LogP contribution in [0.1, 0.15) is 18.4 Å². The standard InChI is InChI=1S/C14H21NO2/c16-10-13-6-7-14(11-17)15(9-13)8-12-4-2-1-3-5-12/h1-5,13-14,16-17H,6-11H2/t13-,14+/m1/s1. The number of rotatable bonds is 4. The van der Waals surface area contributed by atoms with Crippen molar-refractivity contribution in [1.82, 2.24) is 4.90 Å². The quantitative estimate of drug-likeness (QED) is 0.825. The molecule has 0 amide bonds. The summed E-state index contributed by atoms with van der Waals surface area (Å²) in [5, 5.41) is 18.6. The van der Waals surface area contributed by atoms with E-state index in [0.717, 1.165) is 25.9 Å². The van der Waals surface area contributed by atoms with Gasteiger partial charge in [0.1, 0.15) is 0 Å². The number of aliphatic hydroxyl groups is 2. The minimum absolute atomic E-state index is 0.213. The van der Waals surface area contributed by atoms with Crippen molar-refractivity contribution < 1.29 is 10.2 Å². The van der Waals surface area contributed by atoms with Crippen molar-refractivity contribution >= 4 is 0 Å². The lowest BCUT2D eigenvalue weighted by atomic mass is 9.93. The minimum atomic E-state index is 0.213. The van der Waals surface area contributed by atoms with Crippen molar-refractivity contribution in [3.8, 4) is 0 Å². The van der Waals surface area contributed by atoms with Gasteiger partial charge < -0.3 is 10.2 Å². The topological polar surface area (TPSA) is 43.7 Å². The summed E-state index contributed by atoms with van der Waals surface area (Å²) < 4.78 is 0. The fourth-order valence-corrected chi connectivity index (χ4v) is 2.55. The van der Waals surface area contributed by atoms with Gasteiger partial charge in [-0.1, -0.05) is 30.3 Å². The zero-order chi connectivity index (χ0) is 12.1. The average molecular weight is 235 g/mol. The second kappa shape index (κ2) is 6.15. The number of aliphatic hydroxyl groups excluding tert-OH is 2. The number of piperidine rings is 1. The van der Waals surface area contributed by atoms with E-state index >= 15 is 0 Å². The van der Waals surface area contributed by atoms with Crippen LogP contribution >= 0.6 is 0 Å². The Hall–Kier alpha value is -0.900. The molecule has 3 heteroatoms. The average Bonchev–Trinajstić information content (AvgIpc) is 2.40. The summed E-state index contributed by atoms with van der Waals surface area (Å²) in [6.45, 7) is 2.22. The first-order valence-electron chi connectivity index (χ1n) is 6.33. The number of benzene rings is 1. The highest BCUT2D eigenvalue weighted by Crippen LogP contribution is 2.23. The number of likely N-dealkylation sites (tertiary alicyclic amines) is 1.